The highest BCUT2D eigenvalue weighted by Crippen LogP contribution is 2.34. The lowest BCUT2D eigenvalue weighted by atomic mass is 10.1. The van der Waals surface area contributed by atoms with Crippen LogP contribution in [0.3, 0.4) is 0 Å². The second-order valence-corrected chi connectivity index (χ2v) is 6.06. The number of alkyl halides is 2. The van der Waals surface area contributed by atoms with Gasteiger partial charge < -0.3 is 10.1 Å². The van der Waals surface area contributed by atoms with Gasteiger partial charge in [-0.2, -0.15) is 13.9 Å². The van der Waals surface area contributed by atoms with E-state index < -0.39 is 6.61 Å². The summed E-state index contributed by atoms with van der Waals surface area (Å²) in [4.78, 5) is 12.0. The number of halogens is 2. The van der Waals surface area contributed by atoms with Gasteiger partial charge >= 0.3 is 6.61 Å². The van der Waals surface area contributed by atoms with Crippen molar-refractivity contribution in [1.82, 2.24) is 5.32 Å². The van der Waals surface area contributed by atoms with Crippen molar-refractivity contribution in [2.45, 2.75) is 11.9 Å². The highest BCUT2D eigenvalue weighted by atomic mass is 32.2. The Labute approximate surface area is 146 Å². The predicted octanol–water partition coefficient (Wildman–Crippen LogP) is 3.58. The van der Waals surface area contributed by atoms with Crippen molar-refractivity contribution in [2.24, 2.45) is 10.2 Å². The number of rotatable bonds is 5. The highest BCUT2D eigenvalue weighted by molar-refractivity contribution is 8.15. The van der Waals surface area contributed by atoms with Crippen molar-refractivity contribution >= 4 is 29.1 Å². The number of carbonyl (C=O) groups excluding carboxylic acids is 1. The number of benzene rings is 2. The van der Waals surface area contributed by atoms with E-state index in [2.05, 4.69) is 20.3 Å². The molecule has 128 valence electrons. The molecule has 0 aliphatic carbocycles. The molecule has 0 radical (unpaired) electrons. The average molecular weight is 361 g/mol. The van der Waals surface area contributed by atoms with Gasteiger partial charge in [-0.3, -0.25) is 4.79 Å². The molecule has 1 aliphatic heterocycles. The molecule has 0 saturated carbocycles. The summed E-state index contributed by atoms with van der Waals surface area (Å²) in [6, 6.07) is 15.6. The van der Waals surface area contributed by atoms with E-state index in [1.807, 2.05) is 30.3 Å². The Morgan fingerprint density at radius 2 is 1.84 bits per heavy atom. The lowest BCUT2D eigenvalue weighted by Gasteiger charge is -2.06. The Kier molecular flexibility index (Phi) is 5.39. The van der Waals surface area contributed by atoms with Gasteiger partial charge in [0.05, 0.1) is 6.21 Å². The fourth-order valence-electron chi connectivity index (χ4n) is 2.20. The fourth-order valence-corrected chi connectivity index (χ4v) is 3.13. The molecule has 1 unspecified atom stereocenters. The van der Waals surface area contributed by atoms with Gasteiger partial charge in [0.25, 0.3) is 0 Å². The predicted molar refractivity (Wildman–Crippen MR) is 93.0 cm³/mol. The molecule has 0 aromatic heterocycles. The van der Waals surface area contributed by atoms with Crippen LogP contribution in [-0.2, 0) is 4.79 Å². The third-order valence-electron chi connectivity index (χ3n) is 3.28. The van der Waals surface area contributed by atoms with Gasteiger partial charge in [-0.25, -0.2) is 0 Å². The molecule has 1 saturated heterocycles. The Morgan fingerprint density at radius 1 is 1.12 bits per heavy atom. The fraction of sp³-hybridized carbons (Fsp3) is 0.118. The van der Waals surface area contributed by atoms with Crippen molar-refractivity contribution in [3.8, 4) is 5.75 Å². The van der Waals surface area contributed by atoms with Crippen LogP contribution >= 0.6 is 11.8 Å². The molecular weight excluding hydrogens is 348 g/mol. The molecule has 1 fully saturated rings. The summed E-state index contributed by atoms with van der Waals surface area (Å²) < 4.78 is 29.2. The van der Waals surface area contributed by atoms with E-state index in [9.17, 15) is 13.6 Å². The molecule has 2 aromatic carbocycles. The number of hydrogen-bond donors (Lipinski definition) is 1. The minimum absolute atomic E-state index is 0.00622. The molecule has 1 heterocycles. The van der Waals surface area contributed by atoms with E-state index in [1.54, 1.807) is 18.2 Å². The molecule has 8 heteroatoms. The molecule has 1 atom stereocenters. The summed E-state index contributed by atoms with van der Waals surface area (Å²) in [5.74, 6) is -0.168. The Bertz CT molecular complexity index is 813. The van der Waals surface area contributed by atoms with Crippen LogP contribution in [0.1, 0.15) is 16.4 Å². The maximum absolute atomic E-state index is 12.4. The molecule has 1 N–H and O–H groups in total. The minimum Gasteiger partial charge on any atom is -0.434 e. The summed E-state index contributed by atoms with van der Waals surface area (Å²) in [7, 11) is 0. The van der Waals surface area contributed by atoms with Crippen LogP contribution in [-0.4, -0.2) is 23.9 Å². The topological polar surface area (TPSA) is 63.0 Å². The van der Waals surface area contributed by atoms with Gasteiger partial charge in [-0.1, -0.05) is 54.2 Å². The van der Waals surface area contributed by atoms with Gasteiger partial charge in [0.2, 0.25) is 5.91 Å². The second kappa shape index (κ2) is 7.89. The van der Waals surface area contributed by atoms with Crippen LogP contribution in [0.15, 0.2) is 64.8 Å². The number of ether oxygens (including phenoxy) is 1. The van der Waals surface area contributed by atoms with Crippen LogP contribution in [0.2, 0.25) is 0 Å². The van der Waals surface area contributed by atoms with Crippen LogP contribution < -0.4 is 10.1 Å². The smallest absolute Gasteiger partial charge is 0.387 e. The number of nitrogens with one attached hydrogen (secondary N) is 1. The largest absolute Gasteiger partial charge is 0.434 e. The maximum Gasteiger partial charge on any atom is 0.387 e. The number of carbonyl (C=O) groups is 1. The molecule has 1 amide bonds. The lowest BCUT2D eigenvalue weighted by Crippen LogP contribution is -2.21. The number of nitrogens with zero attached hydrogens (tertiary/aromatic N) is 2. The third kappa shape index (κ3) is 4.42. The monoisotopic (exact) mass is 361 g/mol. The molecule has 0 spiro atoms. The van der Waals surface area contributed by atoms with Gasteiger partial charge in [-0.05, 0) is 17.7 Å². The van der Waals surface area contributed by atoms with Gasteiger partial charge in [0.15, 0.2) is 5.17 Å². The first-order chi connectivity index (χ1) is 12.1. The highest BCUT2D eigenvalue weighted by Gasteiger charge is 2.31. The summed E-state index contributed by atoms with van der Waals surface area (Å²) in [5.41, 5.74) is 1.23. The van der Waals surface area contributed by atoms with E-state index in [-0.39, 0.29) is 16.9 Å². The van der Waals surface area contributed by atoms with Crippen LogP contribution in [0.25, 0.3) is 0 Å². The number of hydrogen-bond acceptors (Lipinski definition) is 5. The zero-order valence-corrected chi connectivity index (χ0v) is 13.6. The van der Waals surface area contributed by atoms with Crippen molar-refractivity contribution in [1.29, 1.82) is 0 Å². The van der Waals surface area contributed by atoms with E-state index >= 15 is 0 Å². The first-order valence-electron chi connectivity index (χ1n) is 7.31. The summed E-state index contributed by atoms with van der Waals surface area (Å²) >= 11 is 1.25. The molecule has 3 rings (SSSR count). The van der Waals surface area contributed by atoms with Crippen molar-refractivity contribution in [2.75, 3.05) is 0 Å². The van der Waals surface area contributed by atoms with E-state index in [4.69, 9.17) is 0 Å². The van der Waals surface area contributed by atoms with E-state index in [1.165, 1.54) is 24.0 Å². The van der Waals surface area contributed by atoms with Crippen molar-refractivity contribution < 1.29 is 18.3 Å². The van der Waals surface area contributed by atoms with Crippen LogP contribution in [0, 0.1) is 0 Å². The number of amidine groups is 1. The normalized spacial score (nSPS) is 18.9. The van der Waals surface area contributed by atoms with Gasteiger partial charge in [0, 0.05) is 5.56 Å². The zero-order valence-electron chi connectivity index (χ0n) is 12.8. The SMILES string of the molecule is O=C1N/C(=N\N=C\c2ccccc2OC(F)F)SC1c1ccccc1. The molecule has 1 aliphatic rings. The van der Waals surface area contributed by atoms with Crippen LogP contribution in [0.4, 0.5) is 8.78 Å². The standard InChI is InChI=1S/C17H13F2N3O2S/c18-16(19)24-13-9-5-4-8-12(13)10-20-22-17-21-15(23)14(25-17)11-6-2-1-3-7-11/h1-10,14,16H,(H,21,22,23)/b20-10+. The first kappa shape index (κ1) is 17.1. The average Bonchev–Trinajstić information content (AvgIpc) is 2.97. The number of amides is 1. The van der Waals surface area contributed by atoms with Crippen molar-refractivity contribution in [3.05, 3.63) is 65.7 Å². The minimum atomic E-state index is -2.92. The Morgan fingerprint density at radius 3 is 2.60 bits per heavy atom. The zero-order chi connectivity index (χ0) is 17.6. The Hall–Kier alpha value is -2.74. The molecule has 25 heavy (non-hydrogen) atoms. The molecule has 5 nitrogen and oxygen atoms in total. The molecule has 2 aromatic rings. The number of thioether (sulfide) groups is 1. The van der Waals surface area contributed by atoms with Gasteiger partial charge in [-0.15, -0.1) is 5.10 Å². The maximum atomic E-state index is 12.4. The number of para-hydroxylation sites is 1. The second-order valence-electron chi connectivity index (χ2n) is 4.96. The molecular formula is C17H13F2N3O2S. The Balaban J connectivity index is 1.71. The third-order valence-corrected chi connectivity index (χ3v) is 4.41. The molecule has 0 bridgehead atoms. The van der Waals surface area contributed by atoms with E-state index in [0.717, 1.165) is 5.56 Å². The summed E-state index contributed by atoms with van der Waals surface area (Å²) in [6.45, 7) is -2.92. The van der Waals surface area contributed by atoms with Gasteiger partial charge in [0.1, 0.15) is 11.0 Å². The van der Waals surface area contributed by atoms with Crippen molar-refractivity contribution in [3.63, 3.8) is 0 Å². The van der Waals surface area contributed by atoms with E-state index in [0.29, 0.717) is 10.7 Å². The quantitative estimate of drug-likeness (QED) is 0.654. The first-order valence-corrected chi connectivity index (χ1v) is 8.19. The van der Waals surface area contributed by atoms with Crippen LogP contribution in [0.5, 0.6) is 5.75 Å². The lowest BCUT2D eigenvalue weighted by molar-refractivity contribution is -0.118. The summed E-state index contributed by atoms with van der Waals surface area (Å²) in [5, 5.41) is 10.4. The summed E-state index contributed by atoms with van der Waals surface area (Å²) in [6.07, 6.45) is 1.30.